The molecule has 0 aliphatic carbocycles. The van der Waals surface area contributed by atoms with E-state index in [4.69, 9.17) is 5.73 Å². The van der Waals surface area contributed by atoms with Crippen LogP contribution in [0.2, 0.25) is 0 Å². The summed E-state index contributed by atoms with van der Waals surface area (Å²) < 4.78 is 0. The third kappa shape index (κ3) is 2.48. The quantitative estimate of drug-likeness (QED) is 0.794. The van der Waals surface area contributed by atoms with Gasteiger partial charge in [-0.2, -0.15) is 0 Å². The molecule has 3 nitrogen and oxygen atoms in total. The second-order valence-corrected chi connectivity index (χ2v) is 5.22. The molecule has 0 spiro atoms. The van der Waals surface area contributed by atoms with Crippen LogP contribution < -0.4 is 5.73 Å². The third-order valence-electron chi connectivity index (χ3n) is 1.84. The highest BCUT2D eigenvalue weighted by atomic mass is 32.1. The summed E-state index contributed by atoms with van der Waals surface area (Å²) in [6, 6.07) is 0.0496. The molecule has 0 fully saturated rings. The van der Waals surface area contributed by atoms with Gasteiger partial charge >= 0.3 is 0 Å². The predicted octanol–water partition coefficient (Wildman–Crippen LogP) is 2.25. The number of hydrogen-bond acceptors (Lipinski definition) is 4. The third-order valence-corrected chi connectivity index (χ3v) is 3.32. The van der Waals surface area contributed by atoms with Gasteiger partial charge in [0.15, 0.2) is 0 Å². The summed E-state index contributed by atoms with van der Waals surface area (Å²) in [6.07, 6.45) is 0.915. The van der Waals surface area contributed by atoms with Gasteiger partial charge in [-0.1, -0.05) is 39.0 Å². The van der Waals surface area contributed by atoms with Gasteiger partial charge in [-0.15, -0.1) is 10.2 Å². The first-order valence-electron chi connectivity index (χ1n) is 4.54. The maximum Gasteiger partial charge on any atom is 0.134 e. The average Bonchev–Trinajstić information content (AvgIpc) is 2.50. The van der Waals surface area contributed by atoms with Crippen molar-refractivity contribution in [3.8, 4) is 0 Å². The van der Waals surface area contributed by atoms with E-state index >= 15 is 0 Å². The maximum absolute atomic E-state index is 5.86. The first-order valence-corrected chi connectivity index (χ1v) is 5.36. The summed E-state index contributed by atoms with van der Waals surface area (Å²) in [4.78, 5) is 0. The van der Waals surface area contributed by atoms with E-state index in [-0.39, 0.29) is 11.5 Å². The van der Waals surface area contributed by atoms with Crippen molar-refractivity contribution in [1.82, 2.24) is 10.2 Å². The Morgan fingerprint density at radius 1 is 1.38 bits per heavy atom. The molecular formula is C9H17N3S. The van der Waals surface area contributed by atoms with E-state index in [2.05, 4.69) is 37.9 Å². The number of aromatic nitrogens is 2. The van der Waals surface area contributed by atoms with Crippen LogP contribution in [0.5, 0.6) is 0 Å². The Hall–Kier alpha value is -0.480. The van der Waals surface area contributed by atoms with Crippen molar-refractivity contribution in [1.29, 1.82) is 0 Å². The van der Waals surface area contributed by atoms with Crippen LogP contribution in [0.3, 0.4) is 0 Å². The van der Waals surface area contributed by atoms with Crippen molar-refractivity contribution >= 4 is 11.3 Å². The van der Waals surface area contributed by atoms with Crippen LogP contribution in [0.4, 0.5) is 0 Å². The molecule has 74 valence electrons. The lowest BCUT2D eigenvalue weighted by atomic mass is 9.98. The number of rotatable bonds is 2. The molecule has 0 aliphatic rings. The van der Waals surface area contributed by atoms with Crippen molar-refractivity contribution in [3.63, 3.8) is 0 Å². The van der Waals surface area contributed by atoms with E-state index in [0.717, 1.165) is 16.4 Å². The van der Waals surface area contributed by atoms with E-state index in [1.54, 1.807) is 11.3 Å². The van der Waals surface area contributed by atoms with Crippen molar-refractivity contribution in [2.75, 3.05) is 0 Å². The molecule has 0 amide bonds. The molecule has 4 heteroatoms. The predicted molar refractivity (Wildman–Crippen MR) is 55.8 cm³/mol. The molecule has 1 atom stereocenters. The highest BCUT2D eigenvalue weighted by Crippen LogP contribution is 2.27. The van der Waals surface area contributed by atoms with Crippen LogP contribution in [0.25, 0.3) is 0 Å². The zero-order valence-corrected chi connectivity index (χ0v) is 9.48. The molecule has 0 bridgehead atoms. The fourth-order valence-electron chi connectivity index (χ4n) is 0.862. The molecule has 13 heavy (non-hydrogen) atoms. The molecule has 0 saturated heterocycles. The van der Waals surface area contributed by atoms with E-state index in [1.165, 1.54) is 0 Å². The van der Waals surface area contributed by atoms with Crippen LogP contribution in [0, 0.1) is 0 Å². The van der Waals surface area contributed by atoms with Crippen LogP contribution in [-0.4, -0.2) is 10.2 Å². The van der Waals surface area contributed by atoms with E-state index < -0.39 is 0 Å². The van der Waals surface area contributed by atoms with Gasteiger partial charge in [0.25, 0.3) is 0 Å². The van der Waals surface area contributed by atoms with Gasteiger partial charge in [0.2, 0.25) is 0 Å². The molecule has 0 aromatic carbocycles. The molecule has 1 aromatic heterocycles. The zero-order valence-electron chi connectivity index (χ0n) is 8.66. The molecule has 0 saturated carbocycles. The Bertz CT molecular complexity index is 275. The van der Waals surface area contributed by atoms with Crippen molar-refractivity contribution in [3.05, 3.63) is 10.0 Å². The Labute approximate surface area is 83.4 Å². The Morgan fingerprint density at radius 3 is 2.38 bits per heavy atom. The lowest BCUT2D eigenvalue weighted by Gasteiger charge is -2.12. The number of nitrogens with zero attached hydrogens (tertiary/aromatic N) is 2. The SMILES string of the molecule is CCC(N)c1nnc(C(C)(C)C)s1. The zero-order chi connectivity index (χ0) is 10.1. The van der Waals surface area contributed by atoms with Crippen LogP contribution in [-0.2, 0) is 5.41 Å². The second-order valence-electron chi connectivity index (χ2n) is 4.21. The molecule has 1 heterocycles. The maximum atomic E-state index is 5.86. The van der Waals surface area contributed by atoms with Gasteiger partial charge in [0, 0.05) is 5.41 Å². The van der Waals surface area contributed by atoms with Crippen LogP contribution in [0.15, 0.2) is 0 Å². The van der Waals surface area contributed by atoms with Crippen LogP contribution >= 0.6 is 11.3 Å². The Balaban J connectivity index is 2.87. The van der Waals surface area contributed by atoms with Gasteiger partial charge < -0.3 is 5.73 Å². The number of nitrogens with two attached hydrogens (primary N) is 1. The molecule has 1 aromatic rings. The standard InChI is InChI=1S/C9H17N3S/c1-5-6(10)7-11-12-8(13-7)9(2,3)4/h6H,5,10H2,1-4H3. The highest BCUT2D eigenvalue weighted by molar-refractivity contribution is 7.11. The summed E-state index contributed by atoms with van der Waals surface area (Å²) in [6.45, 7) is 8.46. The smallest absolute Gasteiger partial charge is 0.134 e. The minimum atomic E-state index is 0.0496. The summed E-state index contributed by atoms with van der Waals surface area (Å²) >= 11 is 1.63. The van der Waals surface area contributed by atoms with Gasteiger partial charge in [0.1, 0.15) is 10.0 Å². The van der Waals surface area contributed by atoms with Gasteiger partial charge in [0.05, 0.1) is 6.04 Å². The summed E-state index contributed by atoms with van der Waals surface area (Å²) in [5, 5.41) is 10.3. The molecule has 1 rings (SSSR count). The first-order chi connectivity index (χ1) is 5.95. The first kappa shape index (κ1) is 10.6. The highest BCUT2D eigenvalue weighted by Gasteiger charge is 2.20. The normalized spacial score (nSPS) is 14.5. The molecular weight excluding hydrogens is 182 g/mol. The monoisotopic (exact) mass is 199 g/mol. The Kier molecular flexibility index (Phi) is 3.03. The van der Waals surface area contributed by atoms with E-state index in [9.17, 15) is 0 Å². The van der Waals surface area contributed by atoms with E-state index in [1.807, 2.05) is 0 Å². The topological polar surface area (TPSA) is 51.8 Å². The van der Waals surface area contributed by atoms with Gasteiger partial charge in [-0.25, -0.2) is 0 Å². The van der Waals surface area contributed by atoms with Gasteiger partial charge in [-0.3, -0.25) is 0 Å². The fourth-order valence-corrected chi connectivity index (χ4v) is 1.85. The second kappa shape index (κ2) is 3.72. The molecule has 0 aliphatic heterocycles. The van der Waals surface area contributed by atoms with Gasteiger partial charge in [-0.05, 0) is 6.42 Å². The fraction of sp³-hybridized carbons (Fsp3) is 0.778. The average molecular weight is 199 g/mol. The summed E-state index contributed by atoms with van der Waals surface area (Å²) in [7, 11) is 0. The van der Waals surface area contributed by atoms with Crippen LogP contribution in [0.1, 0.15) is 50.2 Å². The largest absolute Gasteiger partial charge is 0.322 e. The lowest BCUT2D eigenvalue weighted by Crippen LogP contribution is -2.10. The minimum Gasteiger partial charge on any atom is -0.322 e. The number of hydrogen-bond donors (Lipinski definition) is 1. The van der Waals surface area contributed by atoms with Crippen molar-refractivity contribution in [2.45, 2.75) is 45.6 Å². The molecule has 2 N–H and O–H groups in total. The molecule has 0 radical (unpaired) electrons. The molecule has 1 unspecified atom stereocenters. The summed E-state index contributed by atoms with van der Waals surface area (Å²) in [5.41, 5.74) is 5.95. The summed E-state index contributed by atoms with van der Waals surface area (Å²) in [5.74, 6) is 0. The Morgan fingerprint density at radius 2 is 2.00 bits per heavy atom. The van der Waals surface area contributed by atoms with Crippen molar-refractivity contribution in [2.24, 2.45) is 5.73 Å². The minimum absolute atomic E-state index is 0.0496. The van der Waals surface area contributed by atoms with E-state index in [0.29, 0.717) is 0 Å². The van der Waals surface area contributed by atoms with Crippen molar-refractivity contribution < 1.29 is 0 Å². The lowest BCUT2D eigenvalue weighted by molar-refractivity contribution is 0.576.